The molecule has 3 rings (SSSR count). The van der Waals surface area contributed by atoms with Crippen LogP contribution >= 0.6 is 0 Å². The molecule has 0 aliphatic carbocycles. The fraction of sp³-hybridized carbons (Fsp3) is 0.118. The molecule has 0 fully saturated rings. The predicted octanol–water partition coefficient (Wildman–Crippen LogP) is 3.64. The SMILES string of the molecule is COc1cc(-c2ccccc2)[nH+]c2cc(C)ccc12. The Labute approximate surface area is 112 Å². The monoisotopic (exact) mass is 250 g/mol. The van der Waals surface area contributed by atoms with Crippen molar-refractivity contribution in [2.75, 3.05) is 7.11 Å². The summed E-state index contributed by atoms with van der Waals surface area (Å²) in [6, 6.07) is 18.7. The smallest absolute Gasteiger partial charge is 0.215 e. The molecule has 0 spiro atoms. The Morgan fingerprint density at radius 3 is 2.47 bits per heavy atom. The maximum Gasteiger partial charge on any atom is 0.215 e. The lowest BCUT2D eigenvalue weighted by molar-refractivity contribution is -0.331. The Bertz CT molecular complexity index is 720. The second-order valence-corrected chi connectivity index (χ2v) is 4.67. The molecule has 94 valence electrons. The second-order valence-electron chi connectivity index (χ2n) is 4.67. The minimum Gasteiger partial charge on any atom is -0.496 e. The van der Waals surface area contributed by atoms with Gasteiger partial charge in [0.25, 0.3) is 0 Å². The summed E-state index contributed by atoms with van der Waals surface area (Å²) in [6.07, 6.45) is 0. The molecule has 1 aromatic heterocycles. The van der Waals surface area contributed by atoms with E-state index in [-0.39, 0.29) is 0 Å². The number of fused-ring (bicyclic) bond motifs is 1. The number of H-pyrrole nitrogens is 1. The molecule has 3 aromatic rings. The van der Waals surface area contributed by atoms with Crippen molar-refractivity contribution in [3.8, 4) is 17.0 Å². The van der Waals surface area contributed by atoms with Gasteiger partial charge in [-0.3, -0.25) is 0 Å². The predicted molar refractivity (Wildman–Crippen MR) is 77.2 cm³/mol. The van der Waals surface area contributed by atoms with E-state index < -0.39 is 0 Å². The third kappa shape index (κ3) is 2.17. The average molecular weight is 250 g/mol. The summed E-state index contributed by atoms with van der Waals surface area (Å²) >= 11 is 0. The lowest BCUT2D eigenvalue weighted by Gasteiger charge is -2.05. The number of aromatic nitrogens is 1. The van der Waals surface area contributed by atoms with E-state index >= 15 is 0 Å². The first-order chi connectivity index (χ1) is 9.28. The summed E-state index contributed by atoms with van der Waals surface area (Å²) < 4.78 is 5.51. The second kappa shape index (κ2) is 4.73. The Morgan fingerprint density at radius 2 is 1.74 bits per heavy atom. The van der Waals surface area contributed by atoms with Crippen LogP contribution in [0.4, 0.5) is 0 Å². The molecule has 0 radical (unpaired) electrons. The molecule has 0 unspecified atom stereocenters. The van der Waals surface area contributed by atoms with E-state index in [1.54, 1.807) is 7.11 Å². The van der Waals surface area contributed by atoms with E-state index in [1.807, 2.05) is 24.3 Å². The van der Waals surface area contributed by atoms with Gasteiger partial charge in [-0.05, 0) is 30.7 Å². The number of hydrogen-bond acceptors (Lipinski definition) is 1. The highest BCUT2D eigenvalue weighted by Gasteiger charge is 2.13. The summed E-state index contributed by atoms with van der Waals surface area (Å²) in [5.74, 6) is 0.896. The average Bonchev–Trinajstić information content (AvgIpc) is 2.46. The van der Waals surface area contributed by atoms with E-state index in [9.17, 15) is 0 Å². The Balaban J connectivity index is 2.27. The van der Waals surface area contributed by atoms with Gasteiger partial charge in [-0.25, -0.2) is 4.98 Å². The van der Waals surface area contributed by atoms with Gasteiger partial charge in [-0.15, -0.1) is 0 Å². The van der Waals surface area contributed by atoms with Crippen LogP contribution in [-0.2, 0) is 0 Å². The van der Waals surface area contributed by atoms with E-state index in [0.717, 1.165) is 27.9 Å². The molecule has 2 aromatic carbocycles. The van der Waals surface area contributed by atoms with Crippen LogP contribution in [0.2, 0.25) is 0 Å². The van der Waals surface area contributed by atoms with Crippen molar-refractivity contribution >= 4 is 10.9 Å². The number of nitrogens with one attached hydrogen (secondary N) is 1. The molecule has 2 heteroatoms. The third-order valence-electron chi connectivity index (χ3n) is 3.29. The van der Waals surface area contributed by atoms with Gasteiger partial charge < -0.3 is 4.74 Å². The topological polar surface area (TPSA) is 23.4 Å². The number of ether oxygens (including phenoxy) is 1. The van der Waals surface area contributed by atoms with E-state index in [0.29, 0.717) is 0 Å². The molecule has 0 aliphatic rings. The van der Waals surface area contributed by atoms with Crippen molar-refractivity contribution in [3.05, 3.63) is 60.2 Å². The maximum atomic E-state index is 5.51. The van der Waals surface area contributed by atoms with Gasteiger partial charge in [0.2, 0.25) is 11.2 Å². The fourth-order valence-electron chi connectivity index (χ4n) is 2.31. The summed E-state index contributed by atoms with van der Waals surface area (Å²) in [7, 11) is 1.71. The molecule has 1 N–H and O–H groups in total. The van der Waals surface area contributed by atoms with Crippen LogP contribution in [0.3, 0.4) is 0 Å². The number of benzene rings is 2. The van der Waals surface area contributed by atoms with Crippen molar-refractivity contribution in [1.82, 2.24) is 0 Å². The van der Waals surface area contributed by atoms with Crippen LogP contribution < -0.4 is 9.72 Å². The van der Waals surface area contributed by atoms with Gasteiger partial charge in [0, 0.05) is 11.6 Å². The van der Waals surface area contributed by atoms with Crippen LogP contribution in [0.15, 0.2) is 54.6 Å². The summed E-state index contributed by atoms with van der Waals surface area (Å²) in [5.41, 5.74) is 4.55. The van der Waals surface area contributed by atoms with Crippen LogP contribution in [-0.4, -0.2) is 7.11 Å². The highest BCUT2D eigenvalue weighted by Crippen LogP contribution is 2.27. The van der Waals surface area contributed by atoms with Gasteiger partial charge in [-0.2, -0.15) is 0 Å². The molecule has 0 saturated carbocycles. The van der Waals surface area contributed by atoms with Crippen LogP contribution in [0.25, 0.3) is 22.2 Å². The molecule has 0 atom stereocenters. The maximum absolute atomic E-state index is 5.51. The zero-order chi connectivity index (χ0) is 13.2. The van der Waals surface area contributed by atoms with Crippen molar-refractivity contribution in [2.45, 2.75) is 6.92 Å². The molecular weight excluding hydrogens is 234 g/mol. The Kier molecular flexibility index (Phi) is 2.92. The molecular formula is C17H16NO+. The number of methoxy groups -OCH3 is 1. The summed E-state index contributed by atoms with van der Waals surface area (Å²) in [4.78, 5) is 3.48. The lowest BCUT2D eigenvalue weighted by Crippen LogP contribution is -2.09. The van der Waals surface area contributed by atoms with Crippen LogP contribution in [0, 0.1) is 6.92 Å². The van der Waals surface area contributed by atoms with E-state index in [1.165, 1.54) is 5.56 Å². The first-order valence-electron chi connectivity index (χ1n) is 6.34. The summed E-state index contributed by atoms with van der Waals surface area (Å²) in [5, 5.41) is 1.10. The highest BCUT2D eigenvalue weighted by atomic mass is 16.5. The molecule has 1 heterocycles. The van der Waals surface area contributed by atoms with Gasteiger partial charge >= 0.3 is 0 Å². The lowest BCUT2D eigenvalue weighted by atomic mass is 10.1. The van der Waals surface area contributed by atoms with Gasteiger partial charge in [0.05, 0.1) is 18.6 Å². The Morgan fingerprint density at radius 1 is 0.947 bits per heavy atom. The first-order valence-corrected chi connectivity index (χ1v) is 6.34. The first kappa shape index (κ1) is 11.7. The van der Waals surface area contributed by atoms with Crippen molar-refractivity contribution < 1.29 is 9.72 Å². The molecule has 2 nitrogen and oxygen atoms in total. The number of pyridine rings is 1. The largest absolute Gasteiger partial charge is 0.496 e. The van der Waals surface area contributed by atoms with Crippen molar-refractivity contribution in [3.63, 3.8) is 0 Å². The molecule has 0 aliphatic heterocycles. The van der Waals surface area contributed by atoms with E-state index in [4.69, 9.17) is 4.74 Å². The summed E-state index contributed by atoms with van der Waals surface area (Å²) in [6.45, 7) is 2.09. The normalized spacial score (nSPS) is 10.6. The van der Waals surface area contributed by atoms with E-state index in [2.05, 4.69) is 42.2 Å². The van der Waals surface area contributed by atoms with Crippen LogP contribution in [0.1, 0.15) is 5.56 Å². The van der Waals surface area contributed by atoms with Gasteiger partial charge in [-0.1, -0.05) is 24.3 Å². The minimum atomic E-state index is 0.896. The van der Waals surface area contributed by atoms with Crippen LogP contribution in [0.5, 0.6) is 5.75 Å². The minimum absolute atomic E-state index is 0.896. The number of hydrogen-bond donors (Lipinski definition) is 0. The number of aromatic amines is 1. The molecule has 0 bridgehead atoms. The van der Waals surface area contributed by atoms with Crippen molar-refractivity contribution in [2.24, 2.45) is 0 Å². The molecule has 0 amide bonds. The quantitative estimate of drug-likeness (QED) is 0.681. The fourth-order valence-corrected chi connectivity index (χ4v) is 2.31. The van der Waals surface area contributed by atoms with Gasteiger partial charge in [0.1, 0.15) is 5.75 Å². The Hall–Kier alpha value is -2.35. The highest BCUT2D eigenvalue weighted by molar-refractivity contribution is 5.84. The standard InChI is InChI=1S/C17H15NO/c1-12-8-9-14-16(10-12)18-15(11-17(14)19-2)13-6-4-3-5-7-13/h3-11H,1-2H3/p+1. The number of rotatable bonds is 2. The number of aryl methyl sites for hydroxylation is 1. The molecule has 0 saturated heterocycles. The zero-order valence-corrected chi connectivity index (χ0v) is 11.1. The third-order valence-corrected chi connectivity index (χ3v) is 3.29. The molecule has 19 heavy (non-hydrogen) atoms. The van der Waals surface area contributed by atoms with Gasteiger partial charge in [0.15, 0.2) is 0 Å². The zero-order valence-electron chi connectivity index (χ0n) is 11.1. The van der Waals surface area contributed by atoms with Crippen molar-refractivity contribution in [1.29, 1.82) is 0 Å².